The van der Waals surface area contributed by atoms with E-state index in [0.29, 0.717) is 28.4 Å². The summed E-state index contributed by atoms with van der Waals surface area (Å²) in [7, 11) is 4.65. The minimum Gasteiger partial charge on any atom is -0.496 e. The molecule has 0 saturated carbocycles. The normalized spacial score (nSPS) is 14.2. The Balaban J connectivity index is 2.22. The zero-order valence-corrected chi connectivity index (χ0v) is 16.1. The average Bonchev–Trinajstić information content (AvgIpc) is 2.92. The molecule has 0 unspecified atom stereocenters. The molecule has 2 aromatic carbocycles. The average molecular weight is 384 g/mol. The van der Waals surface area contributed by atoms with Gasteiger partial charge in [-0.05, 0) is 59.0 Å². The molecule has 0 spiro atoms. The second kappa shape index (κ2) is 7.76. The number of aliphatic carboxylic acids is 1. The van der Waals surface area contributed by atoms with Crippen LogP contribution in [0.1, 0.15) is 30.0 Å². The van der Waals surface area contributed by atoms with Crippen molar-refractivity contribution in [2.45, 2.75) is 13.3 Å². The number of carboxylic acid groups (broad SMARTS) is 1. The lowest BCUT2D eigenvalue weighted by Gasteiger charge is -2.13. The maximum absolute atomic E-state index is 13.8. The maximum atomic E-state index is 13.8. The molecule has 0 heterocycles. The van der Waals surface area contributed by atoms with Gasteiger partial charge in [0.05, 0.1) is 27.8 Å². The Bertz CT molecular complexity index is 1000. The monoisotopic (exact) mass is 384 g/mol. The highest BCUT2D eigenvalue weighted by Crippen LogP contribution is 2.45. The third kappa shape index (κ3) is 3.45. The van der Waals surface area contributed by atoms with Crippen molar-refractivity contribution in [2.75, 3.05) is 21.3 Å². The Kier molecular flexibility index (Phi) is 5.40. The topological polar surface area (TPSA) is 65.0 Å². The standard InChI is InChI=1S/C22H21FO5/c1-12-16(7-13-8-20(27-3)21(28-4)11-19(13)26-2)15-6-5-14(23)9-18(15)17(12)10-22(24)25/h5-9,11H,10H2,1-4H3,(H,24,25). The quantitative estimate of drug-likeness (QED) is 0.785. The SMILES string of the molecule is COc1cc(OC)c(OC)cc1C=C1C(C)=C(CC(=O)O)c2cc(F)ccc21. The molecule has 1 aliphatic rings. The number of benzene rings is 2. The van der Waals surface area contributed by atoms with Gasteiger partial charge in [-0.1, -0.05) is 6.07 Å². The van der Waals surface area contributed by atoms with Crippen LogP contribution in [0.2, 0.25) is 0 Å². The minimum absolute atomic E-state index is 0.178. The van der Waals surface area contributed by atoms with Crippen LogP contribution >= 0.6 is 0 Å². The molecule has 5 nitrogen and oxygen atoms in total. The lowest BCUT2D eigenvalue weighted by Crippen LogP contribution is -1.97. The summed E-state index contributed by atoms with van der Waals surface area (Å²) < 4.78 is 30.0. The summed E-state index contributed by atoms with van der Waals surface area (Å²) in [6, 6.07) is 7.93. The van der Waals surface area contributed by atoms with Gasteiger partial charge < -0.3 is 19.3 Å². The fraction of sp³-hybridized carbons (Fsp3) is 0.227. The Hall–Kier alpha value is -3.28. The first kappa shape index (κ1) is 19.5. The number of rotatable bonds is 6. The molecule has 0 bridgehead atoms. The van der Waals surface area contributed by atoms with Crippen molar-refractivity contribution in [3.8, 4) is 17.2 Å². The highest BCUT2D eigenvalue weighted by Gasteiger charge is 2.26. The number of ether oxygens (including phenoxy) is 3. The van der Waals surface area contributed by atoms with E-state index in [1.165, 1.54) is 12.1 Å². The van der Waals surface area contributed by atoms with Crippen LogP contribution in [0, 0.1) is 5.82 Å². The first-order chi connectivity index (χ1) is 13.4. The van der Waals surface area contributed by atoms with Gasteiger partial charge in [-0.3, -0.25) is 4.79 Å². The van der Waals surface area contributed by atoms with Crippen molar-refractivity contribution in [1.29, 1.82) is 0 Å². The summed E-state index contributed by atoms with van der Waals surface area (Å²) in [5, 5.41) is 9.27. The Morgan fingerprint density at radius 3 is 2.25 bits per heavy atom. The van der Waals surface area contributed by atoms with Gasteiger partial charge in [-0.15, -0.1) is 0 Å². The predicted molar refractivity (Wildman–Crippen MR) is 105 cm³/mol. The van der Waals surface area contributed by atoms with Crippen molar-refractivity contribution in [3.63, 3.8) is 0 Å². The number of hydrogen-bond acceptors (Lipinski definition) is 4. The first-order valence-electron chi connectivity index (χ1n) is 8.63. The van der Waals surface area contributed by atoms with E-state index in [1.54, 1.807) is 39.5 Å². The Morgan fingerprint density at radius 1 is 1.00 bits per heavy atom. The lowest BCUT2D eigenvalue weighted by atomic mass is 10.00. The van der Waals surface area contributed by atoms with Crippen molar-refractivity contribution in [2.24, 2.45) is 0 Å². The third-order valence-electron chi connectivity index (χ3n) is 4.82. The van der Waals surface area contributed by atoms with Gasteiger partial charge in [-0.25, -0.2) is 4.39 Å². The second-order valence-electron chi connectivity index (χ2n) is 6.37. The molecule has 2 aromatic rings. The molecule has 0 radical (unpaired) electrons. The van der Waals surface area contributed by atoms with Crippen LogP contribution in [0.25, 0.3) is 17.2 Å². The van der Waals surface area contributed by atoms with Crippen LogP contribution < -0.4 is 14.2 Å². The summed E-state index contributed by atoms with van der Waals surface area (Å²) in [6.45, 7) is 1.84. The van der Waals surface area contributed by atoms with E-state index in [-0.39, 0.29) is 6.42 Å². The smallest absolute Gasteiger partial charge is 0.307 e. The van der Waals surface area contributed by atoms with Crippen LogP contribution in [0.15, 0.2) is 35.9 Å². The molecule has 0 aliphatic heterocycles. The van der Waals surface area contributed by atoms with Gasteiger partial charge in [-0.2, -0.15) is 0 Å². The molecule has 146 valence electrons. The summed E-state index contributed by atoms with van der Waals surface area (Å²) in [4.78, 5) is 11.3. The largest absolute Gasteiger partial charge is 0.496 e. The lowest BCUT2D eigenvalue weighted by molar-refractivity contribution is -0.135. The van der Waals surface area contributed by atoms with E-state index < -0.39 is 11.8 Å². The number of fused-ring (bicyclic) bond motifs is 1. The molecular weight excluding hydrogens is 363 g/mol. The predicted octanol–water partition coefficient (Wildman–Crippen LogP) is 4.65. The molecule has 6 heteroatoms. The van der Waals surface area contributed by atoms with Crippen LogP contribution in [0.4, 0.5) is 4.39 Å². The van der Waals surface area contributed by atoms with E-state index >= 15 is 0 Å². The van der Waals surface area contributed by atoms with Crippen LogP contribution in [-0.2, 0) is 4.79 Å². The van der Waals surface area contributed by atoms with E-state index in [0.717, 1.165) is 22.3 Å². The Labute approximate surface area is 162 Å². The van der Waals surface area contributed by atoms with Gasteiger partial charge >= 0.3 is 5.97 Å². The van der Waals surface area contributed by atoms with E-state index in [9.17, 15) is 14.3 Å². The van der Waals surface area contributed by atoms with E-state index in [1.807, 2.05) is 13.0 Å². The zero-order chi connectivity index (χ0) is 20.4. The van der Waals surface area contributed by atoms with E-state index in [2.05, 4.69) is 0 Å². The number of halogens is 1. The first-order valence-corrected chi connectivity index (χ1v) is 8.63. The van der Waals surface area contributed by atoms with Gasteiger partial charge in [0.25, 0.3) is 0 Å². The highest BCUT2D eigenvalue weighted by atomic mass is 19.1. The molecule has 28 heavy (non-hydrogen) atoms. The third-order valence-corrected chi connectivity index (χ3v) is 4.82. The maximum Gasteiger partial charge on any atom is 0.307 e. The van der Waals surface area contributed by atoms with E-state index in [4.69, 9.17) is 14.2 Å². The van der Waals surface area contributed by atoms with Gasteiger partial charge in [0.1, 0.15) is 11.6 Å². The van der Waals surface area contributed by atoms with Gasteiger partial charge in [0, 0.05) is 11.6 Å². The van der Waals surface area contributed by atoms with Crippen molar-refractivity contribution in [3.05, 3.63) is 58.4 Å². The molecular formula is C22H21FO5. The molecule has 0 atom stereocenters. The fourth-order valence-electron chi connectivity index (χ4n) is 3.45. The molecule has 3 rings (SSSR count). The highest BCUT2D eigenvalue weighted by molar-refractivity contribution is 6.07. The number of carboxylic acids is 1. The molecule has 0 saturated heterocycles. The van der Waals surface area contributed by atoms with Crippen molar-refractivity contribution >= 4 is 23.2 Å². The van der Waals surface area contributed by atoms with Crippen LogP contribution in [-0.4, -0.2) is 32.4 Å². The second-order valence-corrected chi connectivity index (χ2v) is 6.37. The molecule has 0 fully saturated rings. The number of methoxy groups -OCH3 is 3. The molecule has 1 aliphatic carbocycles. The van der Waals surface area contributed by atoms with Crippen molar-refractivity contribution < 1.29 is 28.5 Å². The van der Waals surface area contributed by atoms with Gasteiger partial charge in [0.15, 0.2) is 11.5 Å². The summed E-state index contributed by atoms with van der Waals surface area (Å²) in [5.41, 5.74) is 4.34. The number of carbonyl (C=O) groups is 1. The number of hydrogen-bond donors (Lipinski definition) is 1. The van der Waals surface area contributed by atoms with Crippen molar-refractivity contribution in [1.82, 2.24) is 0 Å². The molecule has 0 amide bonds. The van der Waals surface area contributed by atoms with Crippen LogP contribution in [0.5, 0.6) is 17.2 Å². The summed E-state index contributed by atoms with van der Waals surface area (Å²) in [6.07, 6.45) is 1.71. The zero-order valence-electron chi connectivity index (χ0n) is 16.1. The van der Waals surface area contributed by atoms with Crippen LogP contribution in [0.3, 0.4) is 0 Å². The Morgan fingerprint density at radius 2 is 1.64 bits per heavy atom. The number of allylic oxidation sites excluding steroid dienone is 2. The molecule has 0 aromatic heterocycles. The van der Waals surface area contributed by atoms with Gasteiger partial charge in [0.2, 0.25) is 0 Å². The molecule has 1 N–H and O–H groups in total. The minimum atomic E-state index is -0.963. The summed E-state index contributed by atoms with van der Waals surface area (Å²) >= 11 is 0. The fourth-order valence-corrected chi connectivity index (χ4v) is 3.45. The summed E-state index contributed by atoms with van der Waals surface area (Å²) in [5.74, 6) is 0.288.